The Kier molecular flexibility index (Phi) is 7.07. The van der Waals surface area contributed by atoms with Crippen LogP contribution in [0, 0.1) is 0 Å². The molecule has 3 aromatic rings. The maximum atomic E-state index is 13.1. The number of methoxy groups -OCH3 is 3. The van der Waals surface area contributed by atoms with E-state index in [0.29, 0.717) is 46.0 Å². The second-order valence-electron chi connectivity index (χ2n) is 7.90. The summed E-state index contributed by atoms with van der Waals surface area (Å²) in [5, 5.41) is 16.0. The standard InChI is InChI=1S/C25H24ClN3O6/c1-33-16-9-15(10-17(12-16)34-2)19-13-20(29(28-19)22(30)7-8-23(31)32)18-11-14-5-4-6-21(35-3)24(14)27-25(18)26/h4-6,9-12,20H,7-8,13H2,1-3H3,(H,31,32)/t20-/m1/s1. The number of benzene rings is 2. The molecule has 9 nitrogen and oxygen atoms in total. The van der Waals surface area contributed by atoms with Crippen LogP contribution in [0.1, 0.15) is 36.4 Å². The van der Waals surface area contributed by atoms with Crippen molar-refractivity contribution in [3.05, 3.63) is 58.7 Å². The molecule has 0 radical (unpaired) electrons. The fraction of sp³-hybridized carbons (Fsp3) is 0.280. The Morgan fingerprint density at radius 3 is 2.40 bits per heavy atom. The summed E-state index contributed by atoms with van der Waals surface area (Å²) in [6.45, 7) is 0. The van der Waals surface area contributed by atoms with Gasteiger partial charge in [-0.15, -0.1) is 0 Å². The summed E-state index contributed by atoms with van der Waals surface area (Å²) in [4.78, 5) is 28.7. The van der Waals surface area contributed by atoms with Crippen molar-refractivity contribution in [2.45, 2.75) is 25.3 Å². The first-order valence-corrected chi connectivity index (χ1v) is 11.2. The van der Waals surface area contributed by atoms with Gasteiger partial charge in [0.1, 0.15) is 27.9 Å². The third kappa shape index (κ3) is 5.00. The van der Waals surface area contributed by atoms with Gasteiger partial charge < -0.3 is 19.3 Å². The summed E-state index contributed by atoms with van der Waals surface area (Å²) in [5.74, 6) is 0.244. The number of rotatable bonds is 8. The molecule has 35 heavy (non-hydrogen) atoms. The highest BCUT2D eigenvalue weighted by Gasteiger charge is 2.35. The minimum absolute atomic E-state index is 0.198. The predicted octanol–water partition coefficient (Wildman–Crippen LogP) is 4.46. The van der Waals surface area contributed by atoms with Crippen molar-refractivity contribution in [3.63, 3.8) is 0 Å². The smallest absolute Gasteiger partial charge is 0.303 e. The second kappa shape index (κ2) is 10.2. The number of carboxylic acids is 1. The number of ether oxygens (including phenoxy) is 3. The molecule has 4 rings (SSSR count). The molecule has 10 heteroatoms. The molecule has 0 aliphatic carbocycles. The van der Waals surface area contributed by atoms with Crippen LogP contribution >= 0.6 is 11.6 Å². The van der Waals surface area contributed by atoms with Crippen LogP contribution in [-0.4, -0.2) is 54.0 Å². The number of halogens is 1. The lowest BCUT2D eigenvalue weighted by molar-refractivity contribution is -0.141. The van der Waals surface area contributed by atoms with Crippen molar-refractivity contribution in [2.24, 2.45) is 5.10 Å². The van der Waals surface area contributed by atoms with Gasteiger partial charge in [-0.1, -0.05) is 23.7 Å². The van der Waals surface area contributed by atoms with E-state index in [1.54, 1.807) is 45.6 Å². The first-order valence-electron chi connectivity index (χ1n) is 10.8. The van der Waals surface area contributed by atoms with Gasteiger partial charge in [-0.05, 0) is 24.3 Å². The molecule has 1 N–H and O–H groups in total. The Hall–Kier alpha value is -3.85. The number of carbonyl (C=O) groups is 2. The minimum atomic E-state index is -1.06. The first kappa shape index (κ1) is 24.3. The molecule has 1 aliphatic rings. The van der Waals surface area contributed by atoms with E-state index in [9.17, 15) is 9.59 Å². The summed E-state index contributed by atoms with van der Waals surface area (Å²) in [6.07, 6.45) is -0.163. The van der Waals surface area contributed by atoms with Crippen LogP contribution in [-0.2, 0) is 9.59 Å². The van der Waals surface area contributed by atoms with Gasteiger partial charge in [0.2, 0.25) is 5.91 Å². The van der Waals surface area contributed by atoms with E-state index in [4.69, 9.17) is 30.9 Å². The Balaban J connectivity index is 1.78. The van der Waals surface area contributed by atoms with Gasteiger partial charge in [-0.25, -0.2) is 9.99 Å². The van der Waals surface area contributed by atoms with Crippen LogP contribution in [0.5, 0.6) is 17.2 Å². The van der Waals surface area contributed by atoms with Crippen molar-refractivity contribution in [2.75, 3.05) is 21.3 Å². The zero-order valence-corrected chi connectivity index (χ0v) is 20.2. The number of fused-ring (bicyclic) bond motifs is 1. The van der Waals surface area contributed by atoms with E-state index >= 15 is 0 Å². The highest BCUT2D eigenvalue weighted by molar-refractivity contribution is 6.30. The van der Waals surface area contributed by atoms with Gasteiger partial charge in [0, 0.05) is 35.4 Å². The number of hydrogen-bond donors (Lipinski definition) is 1. The van der Waals surface area contributed by atoms with Gasteiger partial charge in [0.25, 0.3) is 0 Å². The molecule has 182 valence electrons. The maximum Gasteiger partial charge on any atom is 0.303 e. The van der Waals surface area contributed by atoms with Crippen LogP contribution in [0.25, 0.3) is 10.9 Å². The minimum Gasteiger partial charge on any atom is -0.497 e. The molecule has 2 aromatic carbocycles. The van der Waals surface area contributed by atoms with E-state index in [1.807, 2.05) is 18.2 Å². The molecule has 0 spiro atoms. The predicted molar refractivity (Wildman–Crippen MR) is 130 cm³/mol. The van der Waals surface area contributed by atoms with Gasteiger partial charge in [-0.2, -0.15) is 5.10 Å². The number of nitrogens with zero attached hydrogens (tertiary/aromatic N) is 3. The number of hydrazone groups is 1. The quantitative estimate of drug-likeness (QED) is 0.457. The van der Waals surface area contributed by atoms with Gasteiger partial charge in [-0.3, -0.25) is 9.59 Å². The van der Waals surface area contributed by atoms with Gasteiger partial charge in [0.15, 0.2) is 0 Å². The molecule has 0 saturated heterocycles. The first-order chi connectivity index (χ1) is 16.8. The molecule has 0 bridgehead atoms. The number of carboxylic acid groups (broad SMARTS) is 1. The maximum absolute atomic E-state index is 13.1. The molecular formula is C25H24ClN3O6. The zero-order chi connectivity index (χ0) is 25.1. The number of hydrogen-bond acceptors (Lipinski definition) is 7. The fourth-order valence-electron chi connectivity index (χ4n) is 4.02. The molecular weight excluding hydrogens is 474 g/mol. The Labute approximate surface area is 206 Å². The Morgan fingerprint density at radius 1 is 1.06 bits per heavy atom. The lowest BCUT2D eigenvalue weighted by atomic mass is 9.97. The molecule has 2 heterocycles. The van der Waals surface area contributed by atoms with E-state index in [0.717, 1.165) is 5.39 Å². The zero-order valence-electron chi connectivity index (χ0n) is 19.4. The van der Waals surface area contributed by atoms with Crippen LogP contribution in [0.3, 0.4) is 0 Å². The van der Waals surface area contributed by atoms with Crippen molar-refractivity contribution in [1.29, 1.82) is 0 Å². The monoisotopic (exact) mass is 497 g/mol. The summed E-state index contributed by atoms with van der Waals surface area (Å²) >= 11 is 6.61. The number of aliphatic carboxylic acids is 1. The molecule has 1 aliphatic heterocycles. The van der Waals surface area contributed by atoms with Crippen LogP contribution in [0.15, 0.2) is 47.6 Å². The van der Waals surface area contributed by atoms with Crippen LogP contribution < -0.4 is 14.2 Å². The van der Waals surface area contributed by atoms with Crippen molar-refractivity contribution in [3.8, 4) is 17.2 Å². The average Bonchev–Trinajstić information content (AvgIpc) is 3.31. The summed E-state index contributed by atoms with van der Waals surface area (Å²) in [6, 6.07) is 12.1. The van der Waals surface area contributed by atoms with Crippen LogP contribution in [0.2, 0.25) is 5.15 Å². The normalized spacial score (nSPS) is 15.1. The molecule has 0 saturated carbocycles. The van der Waals surface area contributed by atoms with E-state index < -0.39 is 17.9 Å². The Morgan fingerprint density at radius 2 is 1.77 bits per heavy atom. The molecule has 1 amide bonds. The number of aromatic nitrogens is 1. The number of pyridine rings is 1. The van der Waals surface area contributed by atoms with Crippen molar-refractivity contribution >= 4 is 40.1 Å². The average molecular weight is 498 g/mol. The number of carbonyl (C=O) groups excluding carboxylic acids is 1. The third-order valence-corrected chi connectivity index (χ3v) is 6.07. The summed E-state index contributed by atoms with van der Waals surface area (Å²) < 4.78 is 16.1. The second-order valence-corrected chi connectivity index (χ2v) is 8.26. The molecule has 1 atom stereocenters. The van der Waals surface area contributed by atoms with E-state index in [1.165, 1.54) is 5.01 Å². The molecule has 0 fully saturated rings. The number of para-hydroxylation sites is 1. The van der Waals surface area contributed by atoms with Gasteiger partial charge >= 0.3 is 5.97 Å². The van der Waals surface area contributed by atoms with Crippen molar-refractivity contribution in [1.82, 2.24) is 9.99 Å². The fourth-order valence-corrected chi connectivity index (χ4v) is 4.29. The lowest BCUT2D eigenvalue weighted by Crippen LogP contribution is -2.27. The highest BCUT2D eigenvalue weighted by atomic mass is 35.5. The largest absolute Gasteiger partial charge is 0.497 e. The summed E-state index contributed by atoms with van der Waals surface area (Å²) in [7, 11) is 4.66. The topological polar surface area (TPSA) is 111 Å². The lowest BCUT2D eigenvalue weighted by Gasteiger charge is -2.23. The van der Waals surface area contributed by atoms with E-state index in [2.05, 4.69) is 10.1 Å². The van der Waals surface area contributed by atoms with Crippen molar-refractivity contribution < 1.29 is 28.9 Å². The molecule has 0 unspecified atom stereocenters. The third-order valence-electron chi connectivity index (χ3n) is 5.77. The SMILES string of the molecule is COc1cc(OC)cc(C2=NN(C(=O)CCC(=O)O)[C@@H](c3cc4cccc(OC)c4nc3Cl)C2)c1. The highest BCUT2D eigenvalue weighted by Crippen LogP contribution is 2.39. The number of amides is 1. The van der Waals surface area contributed by atoms with Crippen LogP contribution in [0.4, 0.5) is 0 Å². The molecule has 1 aromatic heterocycles. The summed E-state index contributed by atoms with van der Waals surface area (Å²) in [5.41, 5.74) is 2.53. The Bertz CT molecular complexity index is 1300. The van der Waals surface area contributed by atoms with Gasteiger partial charge in [0.05, 0.1) is 39.5 Å². The van der Waals surface area contributed by atoms with E-state index in [-0.39, 0.29) is 18.0 Å².